The van der Waals surface area contributed by atoms with E-state index in [0.29, 0.717) is 5.76 Å². The maximum absolute atomic E-state index is 13.1. The minimum atomic E-state index is -4.12. The summed E-state index contributed by atoms with van der Waals surface area (Å²) in [5.74, 6) is -0.310. The maximum Gasteiger partial charge on any atom is 0.269 e. The van der Waals surface area contributed by atoms with E-state index in [9.17, 15) is 23.3 Å². The number of hydrogen-bond acceptors (Lipinski definition) is 7. The first-order chi connectivity index (χ1) is 14.4. The molecule has 30 heavy (non-hydrogen) atoms. The highest BCUT2D eigenvalue weighted by Crippen LogP contribution is 2.25. The summed E-state index contributed by atoms with van der Waals surface area (Å²) in [7, 11) is -4.12. The number of amides is 1. The molecule has 3 aromatic rings. The van der Waals surface area contributed by atoms with Gasteiger partial charge in [0.15, 0.2) is 0 Å². The van der Waals surface area contributed by atoms with Crippen LogP contribution in [0.2, 0.25) is 0 Å². The van der Waals surface area contributed by atoms with Gasteiger partial charge in [-0.3, -0.25) is 19.2 Å². The Kier molecular flexibility index (Phi) is 6.23. The van der Waals surface area contributed by atoms with Gasteiger partial charge in [0.2, 0.25) is 0 Å². The van der Waals surface area contributed by atoms with Gasteiger partial charge in [-0.1, -0.05) is 18.2 Å². The summed E-state index contributed by atoms with van der Waals surface area (Å²) >= 11 is 0. The first kappa shape index (κ1) is 20.7. The second kappa shape index (κ2) is 9.01. The molecular weight excluding hydrogens is 412 g/mol. The second-order valence-corrected chi connectivity index (χ2v) is 7.77. The molecular formula is C19H16N4O6S. The summed E-state index contributed by atoms with van der Waals surface area (Å²) in [4.78, 5) is 22.6. The molecule has 3 rings (SSSR count). The van der Waals surface area contributed by atoms with Crippen molar-refractivity contribution in [3.05, 3.63) is 88.9 Å². The predicted molar refractivity (Wildman–Crippen MR) is 109 cm³/mol. The molecule has 0 radical (unpaired) electrons. The molecule has 1 aromatic heterocycles. The number of nitro benzene ring substituents is 1. The van der Waals surface area contributed by atoms with Gasteiger partial charge in [-0.2, -0.15) is 5.10 Å². The number of benzene rings is 2. The lowest BCUT2D eigenvalue weighted by Crippen LogP contribution is -2.39. The summed E-state index contributed by atoms with van der Waals surface area (Å²) < 4.78 is 32.1. The van der Waals surface area contributed by atoms with Crippen molar-refractivity contribution in [3.8, 4) is 0 Å². The number of hydrazone groups is 1. The van der Waals surface area contributed by atoms with Gasteiger partial charge in [0.25, 0.3) is 21.6 Å². The summed E-state index contributed by atoms with van der Waals surface area (Å²) in [6.45, 7) is -0.593. The highest BCUT2D eigenvalue weighted by atomic mass is 32.2. The van der Waals surface area contributed by atoms with E-state index in [1.165, 1.54) is 36.7 Å². The Morgan fingerprint density at radius 3 is 2.40 bits per heavy atom. The van der Waals surface area contributed by atoms with Gasteiger partial charge < -0.3 is 4.42 Å². The van der Waals surface area contributed by atoms with Gasteiger partial charge in [-0.05, 0) is 36.4 Å². The van der Waals surface area contributed by atoms with E-state index in [1.54, 1.807) is 30.3 Å². The van der Waals surface area contributed by atoms with Gasteiger partial charge in [-0.25, -0.2) is 13.8 Å². The molecule has 0 aliphatic heterocycles. The van der Waals surface area contributed by atoms with Crippen molar-refractivity contribution < 1.29 is 22.6 Å². The van der Waals surface area contributed by atoms with Crippen molar-refractivity contribution in [2.45, 2.75) is 4.90 Å². The smallest absolute Gasteiger partial charge is 0.269 e. The van der Waals surface area contributed by atoms with Crippen LogP contribution in [0.5, 0.6) is 0 Å². The van der Waals surface area contributed by atoms with Crippen molar-refractivity contribution in [3.63, 3.8) is 0 Å². The van der Waals surface area contributed by atoms with Crippen molar-refractivity contribution >= 4 is 33.5 Å². The highest BCUT2D eigenvalue weighted by molar-refractivity contribution is 7.92. The molecule has 11 heteroatoms. The van der Waals surface area contributed by atoms with E-state index in [4.69, 9.17) is 4.42 Å². The zero-order valence-corrected chi connectivity index (χ0v) is 16.2. The van der Waals surface area contributed by atoms with Gasteiger partial charge in [0, 0.05) is 12.1 Å². The number of nitro groups is 1. The Balaban J connectivity index is 1.87. The SMILES string of the molecule is O=C(CN(c1ccc([N+](=O)[O-])cc1)S(=O)(=O)c1ccccc1)N/N=C\c1ccco1. The third-order valence-electron chi connectivity index (χ3n) is 3.89. The van der Waals surface area contributed by atoms with Gasteiger partial charge >= 0.3 is 0 Å². The minimum absolute atomic E-state index is 0.0322. The van der Waals surface area contributed by atoms with E-state index in [0.717, 1.165) is 16.4 Å². The monoisotopic (exact) mass is 428 g/mol. The van der Waals surface area contributed by atoms with Crippen LogP contribution in [0.1, 0.15) is 5.76 Å². The maximum atomic E-state index is 13.1. The average Bonchev–Trinajstić information content (AvgIpc) is 3.26. The molecule has 0 saturated carbocycles. The molecule has 0 saturated heterocycles. The quantitative estimate of drug-likeness (QED) is 0.333. The summed E-state index contributed by atoms with van der Waals surface area (Å²) in [5, 5.41) is 14.6. The fraction of sp³-hybridized carbons (Fsp3) is 0.0526. The number of sulfonamides is 1. The van der Waals surface area contributed by atoms with Crippen molar-refractivity contribution in [2.75, 3.05) is 10.8 Å². The standard InChI is InChI=1S/C19H16N4O6S/c24-19(21-20-13-17-5-4-12-29-17)14-22(15-8-10-16(11-9-15)23(25)26)30(27,28)18-6-2-1-3-7-18/h1-13H,14H2,(H,21,24)/b20-13-. The number of carbonyl (C=O) groups is 1. The summed E-state index contributed by atoms with van der Waals surface area (Å²) in [6.07, 6.45) is 2.70. The molecule has 2 aromatic carbocycles. The molecule has 1 N–H and O–H groups in total. The summed E-state index contributed by atoms with van der Waals surface area (Å²) in [5.41, 5.74) is 2.12. The number of rotatable bonds is 8. The lowest BCUT2D eigenvalue weighted by Gasteiger charge is -2.23. The zero-order valence-electron chi connectivity index (χ0n) is 15.4. The Bertz CT molecular complexity index is 1140. The molecule has 0 atom stereocenters. The van der Waals surface area contributed by atoms with Crippen LogP contribution in [0.4, 0.5) is 11.4 Å². The molecule has 0 spiro atoms. The lowest BCUT2D eigenvalue weighted by atomic mass is 10.3. The van der Waals surface area contributed by atoms with Crippen LogP contribution in [-0.4, -0.2) is 32.0 Å². The molecule has 0 fully saturated rings. The molecule has 0 aliphatic rings. The van der Waals surface area contributed by atoms with Crippen LogP contribution in [-0.2, 0) is 14.8 Å². The molecule has 1 heterocycles. The fourth-order valence-electron chi connectivity index (χ4n) is 2.47. The van der Waals surface area contributed by atoms with Crippen LogP contribution in [0.3, 0.4) is 0 Å². The van der Waals surface area contributed by atoms with E-state index >= 15 is 0 Å². The largest absolute Gasteiger partial charge is 0.463 e. The molecule has 0 bridgehead atoms. The molecule has 10 nitrogen and oxygen atoms in total. The van der Waals surface area contributed by atoms with Gasteiger partial charge in [0.1, 0.15) is 12.3 Å². The summed E-state index contributed by atoms with van der Waals surface area (Å²) in [6, 6.07) is 15.7. The van der Waals surface area contributed by atoms with Gasteiger partial charge in [-0.15, -0.1) is 0 Å². The number of nitrogens with zero attached hydrogens (tertiary/aromatic N) is 3. The van der Waals surface area contributed by atoms with Crippen molar-refractivity contribution in [1.82, 2.24) is 5.43 Å². The van der Waals surface area contributed by atoms with Crippen molar-refractivity contribution in [2.24, 2.45) is 5.10 Å². The number of hydrogen-bond donors (Lipinski definition) is 1. The number of non-ortho nitro benzene ring substituents is 1. The van der Waals surface area contributed by atoms with Crippen LogP contribution in [0.25, 0.3) is 0 Å². The Morgan fingerprint density at radius 1 is 1.10 bits per heavy atom. The average molecular weight is 428 g/mol. The Labute approximate surface area is 171 Å². The number of anilines is 1. The van der Waals surface area contributed by atoms with E-state index < -0.39 is 27.4 Å². The van der Waals surface area contributed by atoms with Crippen LogP contribution in [0, 0.1) is 10.1 Å². The number of furan rings is 1. The van der Waals surface area contributed by atoms with Crippen molar-refractivity contribution in [1.29, 1.82) is 0 Å². The number of nitrogens with one attached hydrogen (secondary N) is 1. The third-order valence-corrected chi connectivity index (χ3v) is 5.68. The molecule has 0 aliphatic carbocycles. The number of carbonyl (C=O) groups excluding carboxylic acids is 1. The van der Waals surface area contributed by atoms with Crippen LogP contribution < -0.4 is 9.73 Å². The Morgan fingerprint density at radius 2 is 1.80 bits per heavy atom. The zero-order chi connectivity index (χ0) is 21.6. The van der Waals surface area contributed by atoms with Crippen LogP contribution in [0.15, 0.2) is 87.4 Å². The van der Waals surface area contributed by atoms with Crippen LogP contribution >= 0.6 is 0 Å². The molecule has 1 amide bonds. The minimum Gasteiger partial charge on any atom is -0.463 e. The lowest BCUT2D eigenvalue weighted by molar-refractivity contribution is -0.384. The van der Waals surface area contributed by atoms with E-state index in [2.05, 4.69) is 10.5 Å². The predicted octanol–water partition coefficient (Wildman–Crippen LogP) is 2.53. The molecule has 0 unspecified atom stereocenters. The first-order valence-electron chi connectivity index (χ1n) is 8.55. The Hall–Kier alpha value is -3.99. The highest BCUT2D eigenvalue weighted by Gasteiger charge is 2.27. The third kappa shape index (κ3) is 4.89. The normalized spacial score (nSPS) is 11.3. The van der Waals surface area contributed by atoms with E-state index in [1.807, 2.05) is 0 Å². The fourth-order valence-corrected chi connectivity index (χ4v) is 3.92. The first-order valence-corrected chi connectivity index (χ1v) is 9.99. The van der Waals surface area contributed by atoms with E-state index in [-0.39, 0.29) is 16.3 Å². The topological polar surface area (TPSA) is 135 Å². The van der Waals surface area contributed by atoms with Gasteiger partial charge in [0.05, 0.1) is 28.0 Å². The second-order valence-electron chi connectivity index (χ2n) is 5.91. The molecule has 154 valence electrons.